The van der Waals surface area contributed by atoms with Crippen LogP contribution < -0.4 is 4.74 Å². The summed E-state index contributed by atoms with van der Waals surface area (Å²) in [6.45, 7) is 7.71. The molecule has 0 spiro atoms. The molecular weight excluding hydrogens is 372 g/mol. The molecule has 1 saturated heterocycles. The molecule has 28 heavy (non-hydrogen) atoms. The summed E-state index contributed by atoms with van der Waals surface area (Å²) >= 11 is 5.93. The van der Waals surface area contributed by atoms with Gasteiger partial charge >= 0.3 is 0 Å². The Labute approximate surface area is 171 Å². The number of likely N-dealkylation sites (tertiary alicyclic amines) is 1. The van der Waals surface area contributed by atoms with Crippen molar-refractivity contribution >= 4 is 28.9 Å². The van der Waals surface area contributed by atoms with Crippen molar-refractivity contribution in [2.75, 3.05) is 13.1 Å². The van der Waals surface area contributed by atoms with Crippen molar-refractivity contribution in [2.24, 2.45) is 4.99 Å². The van der Waals surface area contributed by atoms with Crippen LogP contribution in [0.15, 0.2) is 47.5 Å². The molecule has 4 nitrogen and oxygen atoms in total. The van der Waals surface area contributed by atoms with Gasteiger partial charge in [0.2, 0.25) is 0 Å². The normalized spacial score (nSPS) is 18.6. The van der Waals surface area contributed by atoms with Crippen molar-refractivity contribution in [3.05, 3.63) is 58.6 Å². The van der Waals surface area contributed by atoms with E-state index in [1.54, 1.807) is 0 Å². The van der Waals surface area contributed by atoms with Crippen LogP contribution >= 0.6 is 11.6 Å². The van der Waals surface area contributed by atoms with Gasteiger partial charge in [-0.3, -0.25) is 9.79 Å². The first-order valence-electron chi connectivity index (χ1n) is 9.77. The van der Waals surface area contributed by atoms with Gasteiger partial charge in [0.25, 0.3) is 5.91 Å². The summed E-state index contributed by atoms with van der Waals surface area (Å²) in [6.07, 6.45) is 1.76. The van der Waals surface area contributed by atoms with Gasteiger partial charge in [-0.2, -0.15) is 0 Å². The third-order valence-corrected chi connectivity index (χ3v) is 6.19. The quantitative estimate of drug-likeness (QED) is 0.696. The minimum Gasteiger partial charge on any atom is -0.490 e. The Hall–Kier alpha value is -2.33. The number of hydrogen-bond acceptors (Lipinski definition) is 3. The van der Waals surface area contributed by atoms with E-state index in [1.165, 1.54) is 0 Å². The summed E-state index contributed by atoms with van der Waals surface area (Å²) in [6, 6.07) is 13.3. The molecule has 1 fully saturated rings. The Bertz CT molecular complexity index is 926. The van der Waals surface area contributed by atoms with Gasteiger partial charge in [-0.1, -0.05) is 31.5 Å². The summed E-state index contributed by atoms with van der Waals surface area (Å²) in [5.74, 6) is 0.921. The summed E-state index contributed by atoms with van der Waals surface area (Å²) in [5, 5.41) is 0.699. The maximum absolute atomic E-state index is 13.3. The van der Waals surface area contributed by atoms with Gasteiger partial charge < -0.3 is 9.64 Å². The number of hydrogen-bond donors (Lipinski definition) is 0. The zero-order chi connectivity index (χ0) is 19.9. The van der Waals surface area contributed by atoms with E-state index in [0.29, 0.717) is 18.1 Å². The third kappa shape index (κ3) is 3.42. The monoisotopic (exact) mass is 396 g/mol. The number of aliphatic imine (C=N–C) groups is 1. The fourth-order valence-electron chi connectivity index (χ4n) is 4.02. The molecule has 5 heteroatoms. The lowest BCUT2D eigenvalue weighted by Crippen LogP contribution is -2.42. The van der Waals surface area contributed by atoms with Gasteiger partial charge in [0.1, 0.15) is 11.9 Å². The fraction of sp³-hybridized carbons (Fsp3) is 0.391. The van der Waals surface area contributed by atoms with Crippen LogP contribution in [-0.4, -0.2) is 35.7 Å². The molecule has 4 rings (SSSR count). The highest BCUT2D eigenvalue weighted by atomic mass is 35.5. The molecule has 2 aromatic carbocycles. The molecule has 0 saturated carbocycles. The van der Waals surface area contributed by atoms with Crippen LogP contribution in [0.3, 0.4) is 0 Å². The number of amides is 1. The van der Waals surface area contributed by atoms with Crippen molar-refractivity contribution in [3.63, 3.8) is 0 Å². The smallest absolute Gasteiger partial charge is 0.254 e. The maximum atomic E-state index is 13.3. The molecule has 146 valence electrons. The second-order valence-electron chi connectivity index (χ2n) is 8.09. The molecule has 0 atom stereocenters. The van der Waals surface area contributed by atoms with E-state index in [-0.39, 0.29) is 17.4 Å². The van der Waals surface area contributed by atoms with Crippen LogP contribution in [0.2, 0.25) is 5.02 Å². The summed E-state index contributed by atoms with van der Waals surface area (Å²) in [4.78, 5) is 19.9. The molecule has 2 heterocycles. The number of benzene rings is 2. The standard InChI is InChI=1S/C23H25ClN2O2/c1-15-23(2,3)21-19(5-4-6-20(21)25-15)22(27)26-13-11-18(12-14-26)28-17-9-7-16(24)8-10-17/h4-10,18H,11-14H2,1-3H3. The SMILES string of the molecule is CC1=Nc2cccc(C(=O)N3CCC(Oc4ccc(Cl)cc4)CC3)c2C1(C)C. The van der Waals surface area contributed by atoms with E-state index < -0.39 is 0 Å². The Morgan fingerprint density at radius 2 is 1.82 bits per heavy atom. The molecule has 2 aromatic rings. The van der Waals surface area contributed by atoms with Gasteiger partial charge in [0.05, 0.1) is 5.69 Å². The number of carbonyl (C=O) groups excluding carboxylic acids is 1. The van der Waals surface area contributed by atoms with E-state index in [1.807, 2.05) is 54.3 Å². The highest BCUT2D eigenvalue weighted by Crippen LogP contribution is 2.42. The number of rotatable bonds is 3. The first-order chi connectivity index (χ1) is 13.4. The number of halogens is 1. The molecule has 2 aliphatic rings. The van der Waals surface area contributed by atoms with Crippen molar-refractivity contribution in [1.29, 1.82) is 0 Å². The van der Waals surface area contributed by atoms with Crippen LogP contribution in [0.5, 0.6) is 5.75 Å². The van der Waals surface area contributed by atoms with E-state index in [0.717, 1.165) is 41.1 Å². The Morgan fingerprint density at radius 3 is 2.50 bits per heavy atom. The Morgan fingerprint density at radius 1 is 1.14 bits per heavy atom. The first kappa shape index (κ1) is 19.0. The summed E-state index contributed by atoms with van der Waals surface area (Å²) < 4.78 is 6.05. The molecule has 0 bridgehead atoms. The van der Waals surface area contributed by atoms with Crippen molar-refractivity contribution in [1.82, 2.24) is 4.90 Å². The van der Waals surface area contributed by atoms with Gasteiger partial charge in [0, 0.05) is 53.2 Å². The lowest BCUT2D eigenvalue weighted by Gasteiger charge is -2.33. The lowest BCUT2D eigenvalue weighted by atomic mass is 9.79. The van der Waals surface area contributed by atoms with Crippen molar-refractivity contribution < 1.29 is 9.53 Å². The molecule has 2 aliphatic heterocycles. The number of carbonyl (C=O) groups is 1. The molecule has 1 amide bonds. The maximum Gasteiger partial charge on any atom is 0.254 e. The third-order valence-electron chi connectivity index (χ3n) is 5.94. The number of ether oxygens (including phenoxy) is 1. The van der Waals surface area contributed by atoms with Crippen LogP contribution in [0.25, 0.3) is 0 Å². The largest absolute Gasteiger partial charge is 0.490 e. The number of nitrogens with zero attached hydrogens (tertiary/aromatic N) is 2. The Balaban J connectivity index is 1.45. The van der Waals surface area contributed by atoms with Gasteiger partial charge in [-0.05, 0) is 43.3 Å². The highest BCUT2D eigenvalue weighted by Gasteiger charge is 2.37. The van der Waals surface area contributed by atoms with E-state index >= 15 is 0 Å². The molecule has 0 radical (unpaired) electrons. The second-order valence-corrected chi connectivity index (χ2v) is 8.52. The number of piperidine rings is 1. The second kappa shape index (κ2) is 7.25. The molecule has 0 unspecified atom stereocenters. The van der Waals surface area contributed by atoms with Gasteiger partial charge in [-0.25, -0.2) is 0 Å². The molecule has 0 N–H and O–H groups in total. The average Bonchev–Trinajstić information content (AvgIpc) is 2.92. The van der Waals surface area contributed by atoms with Crippen LogP contribution in [0.4, 0.5) is 5.69 Å². The summed E-state index contributed by atoms with van der Waals surface area (Å²) in [7, 11) is 0. The Kier molecular flexibility index (Phi) is 4.92. The van der Waals surface area contributed by atoms with Crippen LogP contribution in [0.1, 0.15) is 49.5 Å². The lowest BCUT2D eigenvalue weighted by molar-refractivity contribution is 0.0594. The fourth-order valence-corrected chi connectivity index (χ4v) is 4.15. The highest BCUT2D eigenvalue weighted by molar-refractivity contribution is 6.30. The van der Waals surface area contributed by atoms with Crippen LogP contribution in [0, 0.1) is 0 Å². The van der Waals surface area contributed by atoms with Gasteiger partial charge in [0.15, 0.2) is 0 Å². The minimum atomic E-state index is -0.211. The molecular formula is C23H25ClN2O2. The zero-order valence-corrected chi connectivity index (χ0v) is 17.3. The van der Waals surface area contributed by atoms with E-state index in [4.69, 9.17) is 16.3 Å². The first-order valence-corrected chi connectivity index (χ1v) is 10.1. The zero-order valence-electron chi connectivity index (χ0n) is 16.5. The van der Waals surface area contributed by atoms with Crippen molar-refractivity contribution in [3.8, 4) is 5.75 Å². The molecule has 0 aromatic heterocycles. The minimum absolute atomic E-state index is 0.0970. The average molecular weight is 397 g/mol. The topological polar surface area (TPSA) is 41.9 Å². The predicted molar refractivity (Wildman–Crippen MR) is 113 cm³/mol. The van der Waals surface area contributed by atoms with Gasteiger partial charge in [-0.15, -0.1) is 0 Å². The van der Waals surface area contributed by atoms with Crippen molar-refractivity contribution in [2.45, 2.75) is 45.1 Å². The van der Waals surface area contributed by atoms with E-state index in [9.17, 15) is 4.79 Å². The molecule has 0 aliphatic carbocycles. The number of fused-ring (bicyclic) bond motifs is 1. The van der Waals surface area contributed by atoms with Crippen LogP contribution in [-0.2, 0) is 5.41 Å². The predicted octanol–water partition coefficient (Wildman–Crippen LogP) is 5.41. The van der Waals surface area contributed by atoms with E-state index in [2.05, 4.69) is 18.8 Å². The summed E-state index contributed by atoms with van der Waals surface area (Å²) in [5.41, 5.74) is 3.60.